The number of hydrogen-bond acceptors (Lipinski definition) is 2. The first-order valence-electron chi connectivity index (χ1n) is 5.05. The lowest BCUT2D eigenvalue weighted by atomic mass is 10.0. The molecule has 1 aromatic carbocycles. The highest BCUT2D eigenvalue weighted by molar-refractivity contribution is 5.43. The van der Waals surface area contributed by atoms with Crippen molar-refractivity contribution in [3.05, 3.63) is 30.3 Å². The average molecular weight is 193 g/mol. The van der Waals surface area contributed by atoms with Gasteiger partial charge < -0.3 is 10.4 Å². The van der Waals surface area contributed by atoms with Gasteiger partial charge in [0.25, 0.3) is 0 Å². The molecular formula is C12H19NO. The molecule has 2 heteroatoms. The molecule has 0 saturated carbocycles. The minimum Gasteiger partial charge on any atom is -0.371 e. The molecule has 0 heterocycles. The zero-order chi connectivity index (χ0) is 10.6. The van der Waals surface area contributed by atoms with Crippen LogP contribution in [-0.4, -0.2) is 10.8 Å². The van der Waals surface area contributed by atoms with E-state index in [4.69, 9.17) is 0 Å². The van der Waals surface area contributed by atoms with Crippen molar-refractivity contribution in [2.45, 2.75) is 32.9 Å². The van der Waals surface area contributed by atoms with Crippen LogP contribution >= 0.6 is 0 Å². The van der Waals surface area contributed by atoms with Crippen LogP contribution in [0.4, 0.5) is 5.69 Å². The SMILES string of the molecule is CC(C)CC(C)(O)Nc1ccccc1. The van der Waals surface area contributed by atoms with Crippen molar-refractivity contribution in [2.24, 2.45) is 5.92 Å². The molecular weight excluding hydrogens is 174 g/mol. The number of hydrogen-bond donors (Lipinski definition) is 2. The van der Waals surface area contributed by atoms with Gasteiger partial charge in [-0.3, -0.25) is 0 Å². The van der Waals surface area contributed by atoms with Gasteiger partial charge in [-0.05, 0) is 31.4 Å². The Morgan fingerprint density at radius 2 is 1.86 bits per heavy atom. The summed E-state index contributed by atoms with van der Waals surface area (Å²) in [6.07, 6.45) is 0.738. The molecule has 1 aromatic rings. The Kier molecular flexibility index (Phi) is 3.53. The summed E-state index contributed by atoms with van der Waals surface area (Å²) in [5, 5.41) is 13.1. The Bertz CT molecular complexity index is 267. The van der Waals surface area contributed by atoms with Crippen LogP contribution in [-0.2, 0) is 0 Å². The smallest absolute Gasteiger partial charge is 0.132 e. The van der Waals surface area contributed by atoms with Crippen molar-refractivity contribution < 1.29 is 5.11 Å². The van der Waals surface area contributed by atoms with Crippen molar-refractivity contribution in [3.63, 3.8) is 0 Å². The monoisotopic (exact) mass is 193 g/mol. The number of benzene rings is 1. The first kappa shape index (κ1) is 11.1. The number of para-hydroxylation sites is 1. The van der Waals surface area contributed by atoms with Crippen LogP contribution in [0.5, 0.6) is 0 Å². The third kappa shape index (κ3) is 3.79. The zero-order valence-electron chi connectivity index (χ0n) is 9.12. The third-order valence-electron chi connectivity index (χ3n) is 1.99. The quantitative estimate of drug-likeness (QED) is 0.721. The van der Waals surface area contributed by atoms with Gasteiger partial charge in [0.15, 0.2) is 0 Å². The number of rotatable bonds is 4. The summed E-state index contributed by atoms with van der Waals surface area (Å²) in [7, 11) is 0. The van der Waals surface area contributed by atoms with Gasteiger partial charge >= 0.3 is 0 Å². The molecule has 1 atom stereocenters. The summed E-state index contributed by atoms with van der Waals surface area (Å²) in [5.41, 5.74) is 0.133. The average Bonchev–Trinajstić information content (AvgIpc) is 2.02. The van der Waals surface area contributed by atoms with Gasteiger partial charge in [0, 0.05) is 5.69 Å². The summed E-state index contributed by atoms with van der Waals surface area (Å²) in [6.45, 7) is 6.00. The van der Waals surface area contributed by atoms with E-state index in [1.807, 2.05) is 30.3 Å². The summed E-state index contributed by atoms with van der Waals surface area (Å²) in [6, 6.07) is 9.77. The standard InChI is InChI=1S/C12H19NO/c1-10(2)9-12(3,14)13-11-7-5-4-6-8-11/h4-8,10,13-14H,9H2,1-3H3. The molecule has 0 bridgehead atoms. The van der Waals surface area contributed by atoms with Crippen LogP contribution in [0, 0.1) is 5.92 Å². The van der Waals surface area contributed by atoms with E-state index in [-0.39, 0.29) is 0 Å². The van der Waals surface area contributed by atoms with Crippen LogP contribution in [0.15, 0.2) is 30.3 Å². The predicted octanol–water partition coefficient (Wildman–Crippen LogP) is 2.85. The van der Waals surface area contributed by atoms with E-state index in [0.717, 1.165) is 12.1 Å². The molecule has 2 N–H and O–H groups in total. The van der Waals surface area contributed by atoms with E-state index in [1.165, 1.54) is 0 Å². The minimum absolute atomic E-state index is 0.473. The highest BCUT2D eigenvalue weighted by atomic mass is 16.3. The van der Waals surface area contributed by atoms with Crippen molar-refractivity contribution in [1.29, 1.82) is 0 Å². The van der Waals surface area contributed by atoms with Crippen molar-refractivity contribution in [3.8, 4) is 0 Å². The Balaban J connectivity index is 2.59. The normalized spacial score (nSPS) is 15.2. The Labute approximate surface area is 86.0 Å². The third-order valence-corrected chi connectivity index (χ3v) is 1.99. The second-order valence-electron chi connectivity index (χ2n) is 4.36. The highest BCUT2D eigenvalue weighted by Crippen LogP contribution is 2.19. The molecule has 0 aliphatic heterocycles. The molecule has 0 spiro atoms. The number of anilines is 1. The maximum absolute atomic E-state index is 10.0. The van der Waals surface area contributed by atoms with Gasteiger partial charge in [-0.1, -0.05) is 32.0 Å². The first-order chi connectivity index (χ1) is 6.49. The molecule has 0 aliphatic rings. The Hall–Kier alpha value is -1.02. The highest BCUT2D eigenvalue weighted by Gasteiger charge is 2.20. The lowest BCUT2D eigenvalue weighted by Crippen LogP contribution is -2.35. The number of nitrogens with one attached hydrogen (secondary N) is 1. The van der Waals surface area contributed by atoms with E-state index in [0.29, 0.717) is 5.92 Å². The molecule has 78 valence electrons. The molecule has 14 heavy (non-hydrogen) atoms. The topological polar surface area (TPSA) is 32.3 Å². The zero-order valence-corrected chi connectivity index (χ0v) is 9.12. The molecule has 0 aliphatic carbocycles. The summed E-state index contributed by atoms with van der Waals surface area (Å²) in [4.78, 5) is 0. The van der Waals surface area contributed by atoms with Gasteiger partial charge in [0.05, 0.1) is 0 Å². The van der Waals surface area contributed by atoms with E-state index < -0.39 is 5.72 Å². The molecule has 2 nitrogen and oxygen atoms in total. The van der Waals surface area contributed by atoms with E-state index in [2.05, 4.69) is 19.2 Å². The first-order valence-corrected chi connectivity index (χ1v) is 5.05. The molecule has 1 unspecified atom stereocenters. The van der Waals surface area contributed by atoms with Crippen LogP contribution in [0.25, 0.3) is 0 Å². The fraction of sp³-hybridized carbons (Fsp3) is 0.500. The molecule has 0 saturated heterocycles. The van der Waals surface area contributed by atoms with Gasteiger partial charge in [-0.25, -0.2) is 0 Å². The summed E-state index contributed by atoms with van der Waals surface area (Å²) in [5.74, 6) is 0.473. The second kappa shape index (κ2) is 4.47. The van der Waals surface area contributed by atoms with Gasteiger partial charge in [-0.15, -0.1) is 0 Å². The van der Waals surface area contributed by atoms with Gasteiger partial charge in [0.2, 0.25) is 0 Å². The largest absolute Gasteiger partial charge is 0.371 e. The molecule has 1 rings (SSSR count). The summed E-state index contributed by atoms with van der Waals surface area (Å²) < 4.78 is 0. The molecule has 0 aromatic heterocycles. The minimum atomic E-state index is -0.824. The van der Waals surface area contributed by atoms with Crippen molar-refractivity contribution in [1.82, 2.24) is 0 Å². The molecule has 0 fully saturated rings. The predicted molar refractivity (Wildman–Crippen MR) is 60.1 cm³/mol. The van der Waals surface area contributed by atoms with Crippen LogP contribution in [0.3, 0.4) is 0 Å². The van der Waals surface area contributed by atoms with Gasteiger partial charge in [0.1, 0.15) is 5.72 Å². The molecule has 0 amide bonds. The maximum atomic E-state index is 10.0. The van der Waals surface area contributed by atoms with Crippen LogP contribution < -0.4 is 5.32 Å². The van der Waals surface area contributed by atoms with Crippen molar-refractivity contribution in [2.75, 3.05) is 5.32 Å². The lowest BCUT2D eigenvalue weighted by Gasteiger charge is -2.27. The van der Waals surface area contributed by atoms with Gasteiger partial charge in [-0.2, -0.15) is 0 Å². The van der Waals surface area contributed by atoms with E-state index in [1.54, 1.807) is 6.92 Å². The second-order valence-corrected chi connectivity index (χ2v) is 4.36. The lowest BCUT2D eigenvalue weighted by molar-refractivity contribution is 0.0673. The van der Waals surface area contributed by atoms with E-state index >= 15 is 0 Å². The van der Waals surface area contributed by atoms with E-state index in [9.17, 15) is 5.11 Å². The van der Waals surface area contributed by atoms with Crippen LogP contribution in [0.1, 0.15) is 27.2 Å². The number of aliphatic hydroxyl groups is 1. The van der Waals surface area contributed by atoms with Crippen molar-refractivity contribution >= 4 is 5.69 Å². The Morgan fingerprint density at radius 1 is 1.29 bits per heavy atom. The fourth-order valence-corrected chi connectivity index (χ4v) is 1.68. The maximum Gasteiger partial charge on any atom is 0.132 e. The van der Waals surface area contributed by atoms with Crippen LogP contribution in [0.2, 0.25) is 0 Å². The molecule has 0 radical (unpaired) electrons. The fourth-order valence-electron chi connectivity index (χ4n) is 1.68. The summed E-state index contributed by atoms with van der Waals surface area (Å²) >= 11 is 0. The Morgan fingerprint density at radius 3 is 2.36 bits per heavy atom.